The zero-order chi connectivity index (χ0) is 0. The van der Waals surface area contributed by atoms with E-state index in [1.807, 2.05) is 0 Å². The van der Waals surface area contributed by atoms with Crippen LogP contribution in [0.3, 0.4) is 0 Å². The van der Waals surface area contributed by atoms with Crippen molar-refractivity contribution < 1.29 is 36.5 Å². The molecule has 0 atom stereocenters. The Bertz CT molecular complexity index is 6.85. The maximum Gasteiger partial charge on any atom is 0.0814 e. The molecule has 0 rings (SSSR count). The molecule has 0 aliphatic heterocycles. The van der Waals surface area contributed by atoms with Gasteiger partial charge in [-0.25, -0.2) is 0 Å². The molecule has 0 saturated heterocycles. The molecule has 0 fully saturated rings. The van der Waals surface area contributed by atoms with Crippen molar-refractivity contribution in [3.05, 3.63) is 0 Å². The standard InChI is InChI=1S/Ag.BH3.3FH/h;1H3;3*1H. The fourth-order valence-electron chi connectivity index (χ4n) is 0. The SMILES string of the molecule is B.F.F.F.[Ag]. The Morgan fingerprint density at radius 2 is 0.600 bits per heavy atom. The van der Waals surface area contributed by atoms with E-state index >= 15 is 0 Å². The fraction of sp³-hybridized carbons (Fsp3) is 0. The molecule has 1 radical (unpaired) electrons. The van der Waals surface area contributed by atoms with Gasteiger partial charge in [0, 0.05) is 22.4 Å². The first-order valence-corrected chi connectivity index (χ1v) is 0. The molecule has 0 bridgehead atoms. The second-order valence-electron chi connectivity index (χ2n) is 0. The van der Waals surface area contributed by atoms with Crippen LogP contribution in [-0.4, -0.2) is 8.41 Å². The van der Waals surface area contributed by atoms with Crippen LogP contribution < -0.4 is 0 Å². The molecule has 0 nitrogen and oxygen atoms in total. The minimum Gasteiger partial charge on any atom is -0.269 e. The van der Waals surface area contributed by atoms with E-state index in [2.05, 4.69) is 0 Å². The molecule has 41 valence electrons. The zero-order valence-corrected chi connectivity index (χ0v) is 3.01. The van der Waals surface area contributed by atoms with E-state index < -0.39 is 0 Å². The average Bonchev–Trinajstić information content (AvgIpc) is 0. The molecule has 5 heteroatoms. The van der Waals surface area contributed by atoms with Gasteiger partial charge in [-0.1, -0.05) is 0 Å². The van der Waals surface area contributed by atoms with E-state index in [-0.39, 0.29) is 44.9 Å². The molecule has 0 saturated carbocycles. The molecular weight excluding hydrogens is 176 g/mol. The van der Waals surface area contributed by atoms with Crippen LogP contribution in [-0.2, 0) is 22.4 Å². The van der Waals surface area contributed by atoms with Gasteiger partial charge in [-0.3, -0.25) is 14.1 Å². The van der Waals surface area contributed by atoms with Crippen LogP contribution >= 0.6 is 0 Å². The molecule has 0 aliphatic carbocycles. The third-order valence-electron chi connectivity index (χ3n) is 0. The van der Waals surface area contributed by atoms with Gasteiger partial charge >= 0.3 is 0 Å². The Morgan fingerprint density at radius 1 is 0.600 bits per heavy atom. The number of rotatable bonds is 0. The van der Waals surface area contributed by atoms with Crippen LogP contribution in [0.2, 0.25) is 0 Å². The first-order chi connectivity index (χ1) is 0. The van der Waals surface area contributed by atoms with E-state index in [0.29, 0.717) is 0 Å². The van der Waals surface area contributed by atoms with Gasteiger partial charge in [-0.2, -0.15) is 0 Å². The number of halogens is 3. The zero-order valence-electron chi connectivity index (χ0n) is 1.53. The van der Waals surface area contributed by atoms with Crippen molar-refractivity contribution in [3.63, 3.8) is 0 Å². The van der Waals surface area contributed by atoms with Crippen LogP contribution in [0.1, 0.15) is 0 Å². The summed E-state index contributed by atoms with van der Waals surface area (Å²) in [6.45, 7) is 0. The maximum absolute atomic E-state index is 0. The summed E-state index contributed by atoms with van der Waals surface area (Å²) < 4.78 is 0. The molecule has 0 heterocycles. The quantitative estimate of drug-likeness (QED) is 0.433. The molecule has 0 aliphatic rings. The molecule has 0 aromatic carbocycles. The Hall–Kier alpha value is 0.595. The molecular formula is H6AgBF3. The first-order valence-electron chi connectivity index (χ1n) is 0. The molecule has 0 N–H and O–H groups in total. The largest absolute Gasteiger partial charge is 0.269 e. The molecule has 0 amide bonds. The number of hydrogen-bond acceptors (Lipinski definition) is 0. The van der Waals surface area contributed by atoms with Crippen LogP contribution in [0, 0.1) is 0 Å². The summed E-state index contributed by atoms with van der Waals surface area (Å²) in [5.74, 6) is 0. The summed E-state index contributed by atoms with van der Waals surface area (Å²) in [6, 6.07) is 0. The maximum atomic E-state index is 0. The minimum atomic E-state index is 0. The van der Waals surface area contributed by atoms with Gasteiger partial charge in [0.1, 0.15) is 0 Å². The van der Waals surface area contributed by atoms with Crippen molar-refractivity contribution in [2.24, 2.45) is 0 Å². The van der Waals surface area contributed by atoms with Crippen molar-refractivity contribution >= 4 is 8.41 Å². The van der Waals surface area contributed by atoms with Gasteiger partial charge in [-0.15, -0.1) is 0 Å². The molecule has 0 spiro atoms. The Labute approximate surface area is 45.5 Å². The van der Waals surface area contributed by atoms with Gasteiger partial charge in [0.2, 0.25) is 0 Å². The van der Waals surface area contributed by atoms with E-state index in [1.54, 1.807) is 0 Å². The molecule has 5 heavy (non-hydrogen) atoms. The van der Waals surface area contributed by atoms with Crippen molar-refractivity contribution in [2.45, 2.75) is 0 Å². The summed E-state index contributed by atoms with van der Waals surface area (Å²) in [7, 11) is 0. The third kappa shape index (κ3) is 87.4. The van der Waals surface area contributed by atoms with E-state index in [1.165, 1.54) is 0 Å². The third-order valence-corrected chi connectivity index (χ3v) is 0. The second kappa shape index (κ2) is 168. The summed E-state index contributed by atoms with van der Waals surface area (Å²) >= 11 is 0. The first kappa shape index (κ1) is 334. The predicted molar refractivity (Wildman–Crippen MR) is 17.4 cm³/mol. The van der Waals surface area contributed by atoms with Crippen LogP contribution in [0.4, 0.5) is 14.1 Å². The molecule has 0 unspecified atom stereocenters. The monoisotopic (exact) mass is 181 g/mol. The molecule has 0 aromatic heterocycles. The van der Waals surface area contributed by atoms with Crippen molar-refractivity contribution in [3.8, 4) is 0 Å². The Kier molecular flexibility index (Phi) is 11200. The van der Waals surface area contributed by atoms with Gasteiger partial charge < -0.3 is 0 Å². The summed E-state index contributed by atoms with van der Waals surface area (Å²) in [4.78, 5) is 0. The Morgan fingerprint density at radius 3 is 0.600 bits per heavy atom. The van der Waals surface area contributed by atoms with E-state index in [9.17, 15) is 0 Å². The topological polar surface area (TPSA) is 0 Å². The molecule has 0 aromatic rings. The average molecular weight is 182 g/mol. The summed E-state index contributed by atoms with van der Waals surface area (Å²) in [5.41, 5.74) is 0. The van der Waals surface area contributed by atoms with Crippen molar-refractivity contribution in [1.82, 2.24) is 0 Å². The van der Waals surface area contributed by atoms with Crippen LogP contribution in [0.25, 0.3) is 0 Å². The van der Waals surface area contributed by atoms with Crippen LogP contribution in [0.15, 0.2) is 0 Å². The number of hydrogen-bond donors (Lipinski definition) is 0. The van der Waals surface area contributed by atoms with Crippen molar-refractivity contribution in [1.29, 1.82) is 0 Å². The summed E-state index contributed by atoms with van der Waals surface area (Å²) in [6.07, 6.45) is 0. The van der Waals surface area contributed by atoms with Crippen LogP contribution in [0.5, 0.6) is 0 Å². The normalized spacial score (nSPS) is 0. The van der Waals surface area contributed by atoms with Gasteiger partial charge in [-0.05, 0) is 0 Å². The van der Waals surface area contributed by atoms with Gasteiger partial charge in [0.05, 0.1) is 8.41 Å². The Balaban J connectivity index is 0. The van der Waals surface area contributed by atoms with E-state index in [4.69, 9.17) is 0 Å². The van der Waals surface area contributed by atoms with Crippen molar-refractivity contribution in [2.75, 3.05) is 0 Å². The van der Waals surface area contributed by atoms with Gasteiger partial charge in [0.15, 0.2) is 0 Å². The second-order valence-corrected chi connectivity index (χ2v) is 0. The minimum absolute atomic E-state index is 0. The van der Waals surface area contributed by atoms with Gasteiger partial charge in [0.25, 0.3) is 0 Å². The summed E-state index contributed by atoms with van der Waals surface area (Å²) in [5, 5.41) is 0. The predicted octanol–water partition coefficient (Wildman–Crippen LogP) is -0.729. The fourth-order valence-corrected chi connectivity index (χ4v) is 0. The van der Waals surface area contributed by atoms with E-state index in [0.717, 1.165) is 0 Å². The smallest absolute Gasteiger partial charge is 0.0814 e.